The van der Waals surface area contributed by atoms with E-state index in [0.29, 0.717) is 30.7 Å². The van der Waals surface area contributed by atoms with E-state index in [-0.39, 0.29) is 0 Å². The zero-order valence-electron chi connectivity index (χ0n) is 13.2. The summed E-state index contributed by atoms with van der Waals surface area (Å²) in [4.78, 5) is 2.26. The maximum Gasteiger partial charge on any atom is 0.138 e. The second-order valence-electron chi connectivity index (χ2n) is 6.09. The van der Waals surface area contributed by atoms with Gasteiger partial charge in [0.05, 0.1) is 0 Å². The summed E-state index contributed by atoms with van der Waals surface area (Å²) in [6.45, 7) is 2.93. The van der Waals surface area contributed by atoms with E-state index in [1.165, 1.54) is 0 Å². The van der Waals surface area contributed by atoms with Crippen LogP contribution in [0, 0.1) is 0 Å². The summed E-state index contributed by atoms with van der Waals surface area (Å²) in [5.74, 6) is 0.879. The second kappa shape index (κ2) is 7.01. The van der Waals surface area contributed by atoms with Gasteiger partial charge in [0, 0.05) is 25.3 Å². The number of likely N-dealkylation sites (tertiary alicyclic amines) is 1. The molecule has 3 nitrogen and oxygen atoms in total. The van der Waals surface area contributed by atoms with Crippen LogP contribution >= 0.6 is 0 Å². The Morgan fingerprint density at radius 3 is 2.48 bits per heavy atom. The summed E-state index contributed by atoms with van der Waals surface area (Å²) in [6, 6.07) is 17.0. The Morgan fingerprint density at radius 1 is 1.04 bits per heavy atom. The first-order chi connectivity index (χ1) is 11.2. The van der Waals surface area contributed by atoms with E-state index >= 15 is 4.39 Å². The monoisotopic (exact) mass is 314 g/mol. The summed E-state index contributed by atoms with van der Waals surface area (Å²) in [7, 11) is 0. The number of hydrogen-bond donors (Lipinski definition) is 1. The van der Waals surface area contributed by atoms with Gasteiger partial charge in [0.2, 0.25) is 0 Å². The van der Waals surface area contributed by atoms with Crippen LogP contribution in [0.2, 0.25) is 0 Å². The molecule has 3 rings (SSSR count). The van der Waals surface area contributed by atoms with Gasteiger partial charge in [-0.25, -0.2) is 4.39 Å². The Morgan fingerprint density at radius 2 is 1.78 bits per heavy atom. The predicted octanol–water partition coefficient (Wildman–Crippen LogP) is 3.61. The Bertz CT molecular complexity index is 624. The van der Waals surface area contributed by atoms with Crippen LogP contribution in [0.25, 0.3) is 0 Å². The first-order valence-electron chi connectivity index (χ1n) is 8.11. The molecule has 0 saturated carbocycles. The molecule has 0 unspecified atom stereocenters. The second-order valence-corrected chi connectivity index (χ2v) is 6.09. The molecule has 0 atom stereocenters. The Labute approximate surface area is 136 Å². The molecule has 0 aromatic heterocycles. The normalized spacial score (nSPS) is 17.8. The van der Waals surface area contributed by atoms with Crippen LogP contribution in [-0.2, 0) is 5.67 Å². The number of rotatable bonds is 5. The molecular formula is C19H23FN2O. The number of piperidine rings is 1. The van der Waals surface area contributed by atoms with Crippen molar-refractivity contribution in [2.75, 3.05) is 32.0 Å². The predicted molar refractivity (Wildman–Crippen MR) is 91.3 cm³/mol. The molecule has 1 aliphatic heterocycles. The van der Waals surface area contributed by atoms with E-state index in [2.05, 4.69) is 4.90 Å². The quantitative estimate of drug-likeness (QED) is 0.857. The maximum absolute atomic E-state index is 15.1. The van der Waals surface area contributed by atoms with Crippen molar-refractivity contribution in [1.29, 1.82) is 0 Å². The van der Waals surface area contributed by atoms with Crippen LogP contribution in [0.15, 0.2) is 54.6 Å². The zero-order valence-corrected chi connectivity index (χ0v) is 13.2. The molecule has 1 aliphatic rings. The molecule has 0 amide bonds. The number of nitrogens with two attached hydrogens (primary N) is 1. The number of nitrogen functional groups attached to an aromatic ring is 1. The van der Waals surface area contributed by atoms with Crippen LogP contribution in [0.3, 0.4) is 0 Å². The lowest BCUT2D eigenvalue weighted by Gasteiger charge is -2.36. The van der Waals surface area contributed by atoms with Crippen LogP contribution in [0.5, 0.6) is 5.75 Å². The van der Waals surface area contributed by atoms with Crippen LogP contribution < -0.4 is 10.5 Å². The fourth-order valence-corrected chi connectivity index (χ4v) is 3.05. The highest BCUT2D eigenvalue weighted by Crippen LogP contribution is 2.37. The SMILES string of the molecule is Nc1cccc(C2(F)CCN(CCOc3ccccc3)CC2)c1. The zero-order chi connectivity index (χ0) is 16.1. The lowest BCUT2D eigenvalue weighted by Crippen LogP contribution is -2.41. The van der Waals surface area contributed by atoms with E-state index in [0.717, 1.165) is 25.4 Å². The van der Waals surface area contributed by atoms with E-state index in [4.69, 9.17) is 10.5 Å². The van der Waals surface area contributed by atoms with E-state index in [1.807, 2.05) is 42.5 Å². The first kappa shape index (κ1) is 15.8. The average Bonchev–Trinajstić information content (AvgIpc) is 2.58. The maximum atomic E-state index is 15.1. The van der Waals surface area contributed by atoms with Crippen molar-refractivity contribution in [1.82, 2.24) is 4.90 Å². The highest BCUT2D eigenvalue weighted by molar-refractivity contribution is 5.42. The van der Waals surface area contributed by atoms with Gasteiger partial charge in [0.15, 0.2) is 0 Å². The van der Waals surface area contributed by atoms with Gasteiger partial charge in [-0.3, -0.25) is 4.90 Å². The van der Waals surface area contributed by atoms with E-state index < -0.39 is 5.67 Å². The van der Waals surface area contributed by atoms with Crippen molar-refractivity contribution >= 4 is 5.69 Å². The molecule has 2 N–H and O–H groups in total. The number of para-hydroxylation sites is 1. The van der Waals surface area contributed by atoms with Crippen molar-refractivity contribution in [3.8, 4) is 5.75 Å². The lowest BCUT2D eigenvalue weighted by molar-refractivity contribution is 0.0501. The van der Waals surface area contributed by atoms with Gasteiger partial charge in [0.25, 0.3) is 0 Å². The molecular weight excluding hydrogens is 291 g/mol. The molecule has 0 spiro atoms. The molecule has 4 heteroatoms. The molecule has 1 heterocycles. The molecule has 23 heavy (non-hydrogen) atoms. The number of halogens is 1. The molecule has 122 valence electrons. The summed E-state index contributed by atoms with van der Waals surface area (Å²) < 4.78 is 20.8. The Kier molecular flexibility index (Phi) is 4.82. The van der Waals surface area contributed by atoms with Gasteiger partial charge in [-0.15, -0.1) is 0 Å². The van der Waals surface area contributed by atoms with Crippen molar-refractivity contribution in [2.45, 2.75) is 18.5 Å². The minimum absolute atomic E-state index is 0.502. The standard InChI is InChI=1S/C19H23FN2O/c20-19(16-5-4-6-17(21)15-16)9-11-22(12-10-19)13-14-23-18-7-2-1-3-8-18/h1-8,15H,9-14,21H2. The third kappa shape index (κ3) is 4.02. The van der Waals surface area contributed by atoms with Gasteiger partial charge >= 0.3 is 0 Å². The van der Waals surface area contributed by atoms with Gasteiger partial charge in [-0.2, -0.15) is 0 Å². The smallest absolute Gasteiger partial charge is 0.138 e. The number of anilines is 1. The molecule has 1 saturated heterocycles. The van der Waals surface area contributed by atoms with E-state index in [1.54, 1.807) is 12.1 Å². The lowest BCUT2D eigenvalue weighted by atomic mass is 9.86. The number of nitrogens with zero attached hydrogens (tertiary/aromatic N) is 1. The van der Waals surface area contributed by atoms with Gasteiger partial charge in [-0.1, -0.05) is 30.3 Å². The molecule has 0 radical (unpaired) electrons. The highest BCUT2D eigenvalue weighted by Gasteiger charge is 2.36. The van der Waals surface area contributed by atoms with Crippen molar-refractivity contribution in [2.24, 2.45) is 0 Å². The van der Waals surface area contributed by atoms with E-state index in [9.17, 15) is 0 Å². The van der Waals surface area contributed by atoms with Gasteiger partial charge in [-0.05, 0) is 42.7 Å². The fraction of sp³-hybridized carbons (Fsp3) is 0.368. The summed E-state index contributed by atoms with van der Waals surface area (Å²) in [6.07, 6.45) is 1.00. The Balaban J connectivity index is 1.48. The summed E-state index contributed by atoms with van der Waals surface area (Å²) >= 11 is 0. The number of hydrogen-bond acceptors (Lipinski definition) is 3. The summed E-state index contributed by atoms with van der Waals surface area (Å²) in [5, 5.41) is 0. The van der Waals surface area contributed by atoms with Gasteiger partial charge in [0.1, 0.15) is 18.0 Å². The van der Waals surface area contributed by atoms with Crippen LogP contribution in [0.4, 0.5) is 10.1 Å². The average molecular weight is 314 g/mol. The van der Waals surface area contributed by atoms with Crippen molar-refractivity contribution in [3.05, 3.63) is 60.2 Å². The molecule has 2 aromatic carbocycles. The minimum Gasteiger partial charge on any atom is -0.492 e. The number of ether oxygens (including phenoxy) is 1. The molecule has 0 aliphatic carbocycles. The first-order valence-corrected chi connectivity index (χ1v) is 8.11. The third-order valence-corrected chi connectivity index (χ3v) is 4.47. The number of alkyl halides is 1. The third-order valence-electron chi connectivity index (χ3n) is 4.47. The summed E-state index contributed by atoms with van der Waals surface area (Å²) in [5.41, 5.74) is 5.85. The van der Waals surface area contributed by atoms with Gasteiger partial charge < -0.3 is 10.5 Å². The minimum atomic E-state index is -1.26. The van der Waals surface area contributed by atoms with Crippen LogP contribution in [-0.4, -0.2) is 31.1 Å². The Hall–Kier alpha value is -2.07. The fourth-order valence-electron chi connectivity index (χ4n) is 3.05. The topological polar surface area (TPSA) is 38.5 Å². The largest absolute Gasteiger partial charge is 0.492 e. The van der Waals surface area contributed by atoms with Crippen molar-refractivity contribution < 1.29 is 9.13 Å². The van der Waals surface area contributed by atoms with Crippen molar-refractivity contribution in [3.63, 3.8) is 0 Å². The van der Waals surface area contributed by atoms with Crippen LogP contribution in [0.1, 0.15) is 18.4 Å². The molecule has 0 bridgehead atoms. The molecule has 1 fully saturated rings. The number of benzene rings is 2. The molecule has 2 aromatic rings. The highest BCUT2D eigenvalue weighted by atomic mass is 19.1.